The summed E-state index contributed by atoms with van der Waals surface area (Å²) in [5, 5.41) is 2.28. The summed E-state index contributed by atoms with van der Waals surface area (Å²) in [4.78, 5) is 14.4. The zero-order valence-electron chi connectivity index (χ0n) is 7.39. The molecule has 0 aliphatic carbocycles. The van der Waals surface area contributed by atoms with Crippen molar-refractivity contribution in [1.29, 1.82) is 0 Å². The van der Waals surface area contributed by atoms with Gasteiger partial charge in [0.05, 0.1) is 0 Å². The fourth-order valence-corrected chi connectivity index (χ4v) is 1.38. The third-order valence-corrected chi connectivity index (χ3v) is 2.27. The molecule has 0 spiro atoms. The van der Waals surface area contributed by atoms with Crippen LogP contribution in [0.5, 0.6) is 0 Å². The largest absolute Gasteiger partial charge is 0.434 e. The van der Waals surface area contributed by atoms with Gasteiger partial charge in [-0.2, -0.15) is 17.8 Å². The van der Waals surface area contributed by atoms with Gasteiger partial charge < -0.3 is 11.2 Å². The minimum absolute atomic E-state index is 0.365. The lowest BCUT2D eigenvalue weighted by atomic mass is 10.4. The lowest BCUT2D eigenvalue weighted by molar-refractivity contribution is -0.141. The number of anilines is 1. The second-order valence-electron chi connectivity index (χ2n) is 2.52. The van der Waals surface area contributed by atoms with Crippen molar-refractivity contribution in [3.8, 4) is 0 Å². The van der Waals surface area contributed by atoms with Crippen molar-refractivity contribution in [3.63, 3.8) is 0 Å². The van der Waals surface area contributed by atoms with Gasteiger partial charge in [0.1, 0.15) is 4.47 Å². The van der Waals surface area contributed by atoms with Crippen LogP contribution in [0.15, 0.2) is 9.27 Å². The predicted octanol–water partition coefficient (Wildman–Crippen LogP) is 0.780. The number of nitrogens with two attached hydrogens (primary N) is 1. The molecule has 0 aliphatic heterocycles. The van der Waals surface area contributed by atoms with Crippen LogP contribution in [0.2, 0.25) is 0 Å². The van der Waals surface area contributed by atoms with Crippen LogP contribution >= 0.6 is 15.9 Å². The van der Waals surface area contributed by atoms with E-state index in [1.54, 1.807) is 0 Å². The monoisotopic (exact) mass is 286 g/mol. The standard InChI is InChI=1S/C6H6BrF3N4O/c1-12-5-13-3(6(8,9)10)2(7)4(15)14(5)11/h11H2,1H3,(H,12,13). The number of hydrogen-bond donors (Lipinski definition) is 2. The molecule has 3 N–H and O–H groups in total. The Morgan fingerprint density at radius 2 is 2.07 bits per heavy atom. The van der Waals surface area contributed by atoms with Crippen LogP contribution in [0.4, 0.5) is 19.1 Å². The van der Waals surface area contributed by atoms with Crippen LogP contribution in [-0.2, 0) is 6.18 Å². The quantitative estimate of drug-likeness (QED) is 0.749. The van der Waals surface area contributed by atoms with Crippen molar-refractivity contribution in [3.05, 3.63) is 20.5 Å². The summed E-state index contributed by atoms with van der Waals surface area (Å²) in [5.74, 6) is 4.82. The van der Waals surface area contributed by atoms with Gasteiger partial charge in [-0.05, 0) is 15.9 Å². The Balaban J connectivity index is 3.57. The van der Waals surface area contributed by atoms with Crippen molar-refractivity contribution < 1.29 is 13.2 Å². The predicted molar refractivity (Wildman–Crippen MR) is 50.9 cm³/mol. The van der Waals surface area contributed by atoms with E-state index in [2.05, 4.69) is 26.2 Å². The highest BCUT2D eigenvalue weighted by atomic mass is 79.9. The van der Waals surface area contributed by atoms with Crippen LogP contribution in [-0.4, -0.2) is 16.7 Å². The smallest absolute Gasteiger partial charge is 0.357 e. The average Bonchev–Trinajstić information content (AvgIpc) is 2.13. The van der Waals surface area contributed by atoms with E-state index < -0.39 is 21.9 Å². The second kappa shape index (κ2) is 3.72. The number of rotatable bonds is 1. The molecule has 0 saturated carbocycles. The number of aromatic nitrogens is 2. The zero-order valence-corrected chi connectivity index (χ0v) is 8.98. The summed E-state index contributed by atoms with van der Waals surface area (Å²) in [6.45, 7) is 0. The van der Waals surface area contributed by atoms with Crippen LogP contribution in [0.25, 0.3) is 0 Å². The summed E-state index contributed by atoms with van der Waals surface area (Å²) >= 11 is 2.51. The van der Waals surface area contributed by atoms with Gasteiger partial charge in [-0.25, -0.2) is 4.98 Å². The summed E-state index contributed by atoms with van der Waals surface area (Å²) in [6.07, 6.45) is -4.71. The molecule has 84 valence electrons. The van der Waals surface area contributed by atoms with Crippen molar-refractivity contribution in [1.82, 2.24) is 9.66 Å². The number of hydrogen-bond acceptors (Lipinski definition) is 4. The first kappa shape index (κ1) is 11.8. The molecule has 9 heteroatoms. The molecule has 0 bridgehead atoms. The van der Waals surface area contributed by atoms with Gasteiger partial charge in [-0.3, -0.25) is 4.79 Å². The van der Waals surface area contributed by atoms with E-state index in [1.807, 2.05) is 0 Å². The van der Waals surface area contributed by atoms with Gasteiger partial charge in [0.25, 0.3) is 5.56 Å². The maximum Gasteiger partial charge on any atom is 0.434 e. The first-order valence-corrected chi connectivity index (χ1v) is 4.41. The number of alkyl halides is 3. The first-order chi connectivity index (χ1) is 6.79. The third-order valence-electron chi connectivity index (χ3n) is 1.55. The van der Waals surface area contributed by atoms with Gasteiger partial charge in [0, 0.05) is 7.05 Å². The normalized spacial score (nSPS) is 11.5. The van der Waals surface area contributed by atoms with E-state index in [0.29, 0.717) is 4.68 Å². The lowest BCUT2D eigenvalue weighted by Crippen LogP contribution is -2.33. The highest BCUT2D eigenvalue weighted by Crippen LogP contribution is 2.31. The summed E-state index contributed by atoms with van der Waals surface area (Å²) < 4.78 is 36.9. The Morgan fingerprint density at radius 3 is 2.47 bits per heavy atom. The number of nitrogens with zero attached hydrogens (tertiary/aromatic N) is 2. The summed E-state index contributed by atoms with van der Waals surface area (Å²) in [5.41, 5.74) is -2.32. The molecule has 1 rings (SSSR count). The molecule has 1 aromatic heterocycles. The minimum Gasteiger partial charge on any atom is -0.357 e. The van der Waals surface area contributed by atoms with Gasteiger partial charge >= 0.3 is 6.18 Å². The molecule has 0 aliphatic rings. The zero-order chi connectivity index (χ0) is 11.8. The Labute approximate surface area is 90.2 Å². The van der Waals surface area contributed by atoms with E-state index in [4.69, 9.17) is 5.84 Å². The average molecular weight is 287 g/mol. The molecule has 5 nitrogen and oxygen atoms in total. The molecule has 0 atom stereocenters. The number of halogens is 4. The minimum atomic E-state index is -4.71. The Hall–Kier alpha value is -1.25. The first-order valence-electron chi connectivity index (χ1n) is 3.61. The molecule has 0 radical (unpaired) electrons. The van der Waals surface area contributed by atoms with Crippen LogP contribution in [0, 0.1) is 0 Å². The number of nitrogen functional groups attached to an aromatic ring is 1. The second-order valence-corrected chi connectivity index (χ2v) is 3.31. The fourth-order valence-electron chi connectivity index (χ4n) is 0.876. The van der Waals surface area contributed by atoms with Gasteiger partial charge in [-0.15, -0.1) is 0 Å². The van der Waals surface area contributed by atoms with Gasteiger partial charge in [0.2, 0.25) is 5.95 Å². The molecule has 0 amide bonds. The van der Waals surface area contributed by atoms with Crippen molar-refractivity contribution in [2.24, 2.45) is 0 Å². The van der Waals surface area contributed by atoms with Gasteiger partial charge in [0.15, 0.2) is 5.69 Å². The summed E-state index contributed by atoms with van der Waals surface area (Å²) in [7, 11) is 1.30. The SMILES string of the molecule is CNc1nc(C(F)(F)F)c(Br)c(=O)n1N. The highest BCUT2D eigenvalue weighted by Gasteiger charge is 2.37. The lowest BCUT2D eigenvalue weighted by Gasteiger charge is -2.12. The molecule has 0 unspecified atom stereocenters. The van der Waals surface area contributed by atoms with Gasteiger partial charge in [-0.1, -0.05) is 0 Å². The third kappa shape index (κ3) is 2.06. The van der Waals surface area contributed by atoms with Crippen LogP contribution in [0.1, 0.15) is 5.69 Å². The number of nitrogens with one attached hydrogen (secondary N) is 1. The maximum atomic E-state index is 12.4. The molecular formula is C6H6BrF3N4O. The molecule has 0 fully saturated rings. The van der Waals surface area contributed by atoms with Crippen molar-refractivity contribution >= 4 is 21.9 Å². The van der Waals surface area contributed by atoms with Crippen molar-refractivity contribution in [2.45, 2.75) is 6.18 Å². The molecule has 1 heterocycles. The Bertz CT molecular complexity index is 441. The molecule has 1 aromatic rings. The molecule has 15 heavy (non-hydrogen) atoms. The van der Waals surface area contributed by atoms with Crippen LogP contribution < -0.4 is 16.7 Å². The van der Waals surface area contributed by atoms with Crippen LogP contribution in [0.3, 0.4) is 0 Å². The summed E-state index contributed by atoms with van der Waals surface area (Å²) in [6, 6.07) is 0. The topological polar surface area (TPSA) is 72.9 Å². The Kier molecular flexibility index (Phi) is 2.93. The molecular weight excluding hydrogens is 281 g/mol. The van der Waals surface area contributed by atoms with Crippen molar-refractivity contribution in [2.75, 3.05) is 18.2 Å². The maximum absolute atomic E-state index is 12.4. The molecule has 0 aromatic carbocycles. The van der Waals surface area contributed by atoms with E-state index in [0.717, 1.165) is 0 Å². The highest BCUT2D eigenvalue weighted by molar-refractivity contribution is 9.10. The Morgan fingerprint density at radius 1 is 1.53 bits per heavy atom. The van der Waals surface area contributed by atoms with E-state index in [9.17, 15) is 18.0 Å². The molecule has 0 saturated heterocycles. The van der Waals surface area contributed by atoms with E-state index in [-0.39, 0.29) is 5.95 Å². The van der Waals surface area contributed by atoms with E-state index in [1.165, 1.54) is 7.05 Å². The fraction of sp³-hybridized carbons (Fsp3) is 0.333. The van der Waals surface area contributed by atoms with E-state index >= 15 is 0 Å².